The minimum Gasteiger partial charge on any atom is -0.366 e. The van der Waals surface area contributed by atoms with Gasteiger partial charge in [-0.25, -0.2) is 9.97 Å². The monoisotopic (exact) mass is 256 g/mol. The summed E-state index contributed by atoms with van der Waals surface area (Å²) < 4.78 is 0. The first-order valence-electron chi connectivity index (χ1n) is 6.43. The molecule has 0 saturated heterocycles. The molecule has 0 aliphatic carbocycles. The molecule has 100 valence electrons. The van der Waals surface area contributed by atoms with E-state index in [1.54, 1.807) is 6.20 Å². The molecule has 0 amide bonds. The number of nitrogens with one attached hydrogen (secondary N) is 1. The molecule has 0 radical (unpaired) electrons. The van der Waals surface area contributed by atoms with E-state index in [9.17, 15) is 0 Å². The molecule has 0 aliphatic heterocycles. The minimum atomic E-state index is 0.359. The summed E-state index contributed by atoms with van der Waals surface area (Å²) in [4.78, 5) is 8.41. The van der Waals surface area contributed by atoms with Crippen LogP contribution >= 0.6 is 0 Å². The Bertz CT molecular complexity index is 578. The molecule has 0 atom stereocenters. The van der Waals surface area contributed by atoms with E-state index >= 15 is 0 Å². The lowest BCUT2D eigenvalue weighted by Gasteiger charge is -2.12. The number of nitrogens with two attached hydrogens (primary N) is 1. The van der Waals surface area contributed by atoms with Crippen LogP contribution in [0.1, 0.15) is 28.1 Å². The normalized spacial score (nSPS) is 10.5. The van der Waals surface area contributed by atoms with Crippen molar-refractivity contribution in [1.82, 2.24) is 9.97 Å². The Kier molecular flexibility index (Phi) is 4.12. The Hall–Kier alpha value is -1.94. The van der Waals surface area contributed by atoms with Crippen LogP contribution in [0.3, 0.4) is 0 Å². The highest BCUT2D eigenvalue weighted by Gasteiger charge is 2.04. The molecule has 0 spiro atoms. The SMILES string of the molecule is Cc1ccc(CNc2ccnc(CN)n2)c(C)c1C. The van der Waals surface area contributed by atoms with Crippen LogP contribution in [0.5, 0.6) is 0 Å². The molecular weight excluding hydrogens is 236 g/mol. The van der Waals surface area contributed by atoms with Crippen molar-refractivity contribution in [2.45, 2.75) is 33.9 Å². The van der Waals surface area contributed by atoms with Crippen LogP contribution in [0.2, 0.25) is 0 Å². The first-order valence-corrected chi connectivity index (χ1v) is 6.43. The number of nitrogens with zero attached hydrogens (tertiary/aromatic N) is 2. The van der Waals surface area contributed by atoms with Gasteiger partial charge in [0, 0.05) is 12.7 Å². The fraction of sp³-hybridized carbons (Fsp3) is 0.333. The van der Waals surface area contributed by atoms with Gasteiger partial charge in [0.15, 0.2) is 0 Å². The highest BCUT2D eigenvalue weighted by molar-refractivity contribution is 5.41. The van der Waals surface area contributed by atoms with Gasteiger partial charge < -0.3 is 11.1 Å². The lowest BCUT2D eigenvalue weighted by atomic mass is 9.99. The van der Waals surface area contributed by atoms with Crippen LogP contribution in [0.4, 0.5) is 5.82 Å². The molecule has 0 fully saturated rings. The number of aryl methyl sites for hydroxylation is 1. The largest absolute Gasteiger partial charge is 0.366 e. The van der Waals surface area contributed by atoms with E-state index in [-0.39, 0.29) is 0 Å². The lowest BCUT2D eigenvalue weighted by Crippen LogP contribution is -2.08. The maximum absolute atomic E-state index is 5.53. The Morgan fingerprint density at radius 1 is 1.11 bits per heavy atom. The quantitative estimate of drug-likeness (QED) is 0.882. The van der Waals surface area contributed by atoms with Gasteiger partial charge >= 0.3 is 0 Å². The van der Waals surface area contributed by atoms with Gasteiger partial charge in [-0.1, -0.05) is 12.1 Å². The fourth-order valence-electron chi connectivity index (χ4n) is 1.99. The highest BCUT2D eigenvalue weighted by Crippen LogP contribution is 2.18. The molecule has 3 N–H and O–H groups in total. The zero-order valence-electron chi connectivity index (χ0n) is 11.7. The molecule has 0 bridgehead atoms. The molecule has 2 aromatic rings. The van der Waals surface area contributed by atoms with Gasteiger partial charge in [-0.2, -0.15) is 0 Å². The number of anilines is 1. The van der Waals surface area contributed by atoms with Gasteiger partial charge in [0.1, 0.15) is 11.6 Å². The molecule has 4 heteroatoms. The van der Waals surface area contributed by atoms with Crippen molar-refractivity contribution in [3.05, 3.63) is 52.5 Å². The third-order valence-electron chi connectivity index (χ3n) is 3.52. The summed E-state index contributed by atoms with van der Waals surface area (Å²) in [6.45, 7) is 7.57. The third-order valence-corrected chi connectivity index (χ3v) is 3.52. The fourth-order valence-corrected chi connectivity index (χ4v) is 1.99. The van der Waals surface area contributed by atoms with Gasteiger partial charge in [-0.15, -0.1) is 0 Å². The van der Waals surface area contributed by atoms with Gasteiger partial charge in [-0.05, 0) is 49.1 Å². The van der Waals surface area contributed by atoms with Crippen molar-refractivity contribution >= 4 is 5.82 Å². The van der Waals surface area contributed by atoms with E-state index < -0.39 is 0 Å². The van der Waals surface area contributed by atoms with Gasteiger partial charge in [0.2, 0.25) is 0 Å². The molecular formula is C15H20N4. The van der Waals surface area contributed by atoms with Crippen LogP contribution in [-0.4, -0.2) is 9.97 Å². The Morgan fingerprint density at radius 3 is 2.63 bits per heavy atom. The third kappa shape index (κ3) is 3.09. The molecule has 2 rings (SSSR count). The Labute approximate surface area is 114 Å². The Balaban J connectivity index is 2.12. The number of aromatic nitrogens is 2. The maximum atomic E-state index is 5.53. The molecule has 19 heavy (non-hydrogen) atoms. The molecule has 4 nitrogen and oxygen atoms in total. The van der Waals surface area contributed by atoms with E-state index in [1.165, 1.54) is 22.3 Å². The molecule has 1 heterocycles. The van der Waals surface area contributed by atoms with Crippen LogP contribution < -0.4 is 11.1 Å². The second-order valence-corrected chi connectivity index (χ2v) is 4.71. The zero-order valence-corrected chi connectivity index (χ0v) is 11.7. The number of rotatable bonds is 4. The van der Waals surface area contributed by atoms with Crippen molar-refractivity contribution < 1.29 is 0 Å². The van der Waals surface area contributed by atoms with E-state index in [0.717, 1.165) is 12.4 Å². The second kappa shape index (κ2) is 5.80. The lowest BCUT2D eigenvalue weighted by molar-refractivity contribution is 0.904. The standard InChI is InChI=1S/C15H20N4/c1-10-4-5-13(12(3)11(10)2)9-18-14-6-7-17-15(8-16)19-14/h4-7H,8-9,16H2,1-3H3,(H,17,18,19). The molecule has 1 aromatic heterocycles. The van der Waals surface area contributed by atoms with Crippen molar-refractivity contribution in [2.24, 2.45) is 5.73 Å². The van der Waals surface area contributed by atoms with E-state index in [2.05, 4.69) is 48.2 Å². The first-order chi connectivity index (χ1) is 9.11. The molecule has 1 aromatic carbocycles. The molecule has 0 saturated carbocycles. The van der Waals surface area contributed by atoms with E-state index in [1.807, 2.05) is 6.07 Å². The van der Waals surface area contributed by atoms with E-state index in [0.29, 0.717) is 12.4 Å². The number of hydrogen-bond acceptors (Lipinski definition) is 4. The zero-order chi connectivity index (χ0) is 13.8. The predicted octanol–water partition coefficient (Wildman–Crippen LogP) is 2.47. The van der Waals surface area contributed by atoms with Crippen LogP contribution in [0, 0.1) is 20.8 Å². The van der Waals surface area contributed by atoms with Crippen molar-refractivity contribution in [3.8, 4) is 0 Å². The average Bonchev–Trinajstić information content (AvgIpc) is 2.44. The van der Waals surface area contributed by atoms with Gasteiger partial charge in [0.05, 0.1) is 6.54 Å². The summed E-state index contributed by atoms with van der Waals surface area (Å²) in [6.07, 6.45) is 1.73. The van der Waals surface area contributed by atoms with Crippen LogP contribution in [0.15, 0.2) is 24.4 Å². The van der Waals surface area contributed by atoms with E-state index in [4.69, 9.17) is 5.73 Å². The summed E-state index contributed by atoms with van der Waals surface area (Å²) in [5, 5.41) is 3.32. The maximum Gasteiger partial charge on any atom is 0.144 e. The summed E-state index contributed by atoms with van der Waals surface area (Å²) >= 11 is 0. The summed E-state index contributed by atoms with van der Waals surface area (Å²) in [5.74, 6) is 1.47. The topological polar surface area (TPSA) is 63.8 Å². The minimum absolute atomic E-state index is 0.359. The highest BCUT2D eigenvalue weighted by atomic mass is 15.0. The summed E-state index contributed by atoms with van der Waals surface area (Å²) in [6, 6.07) is 6.18. The van der Waals surface area contributed by atoms with Gasteiger partial charge in [-0.3, -0.25) is 0 Å². The Morgan fingerprint density at radius 2 is 1.89 bits per heavy atom. The summed E-state index contributed by atoms with van der Waals surface area (Å²) in [5.41, 5.74) is 10.8. The predicted molar refractivity (Wildman–Crippen MR) is 77.9 cm³/mol. The van der Waals surface area contributed by atoms with Crippen molar-refractivity contribution in [3.63, 3.8) is 0 Å². The molecule has 0 aliphatic rings. The van der Waals surface area contributed by atoms with Crippen LogP contribution in [0.25, 0.3) is 0 Å². The molecule has 0 unspecified atom stereocenters. The second-order valence-electron chi connectivity index (χ2n) is 4.71. The smallest absolute Gasteiger partial charge is 0.144 e. The van der Waals surface area contributed by atoms with Crippen molar-refractivity contribution in [1.29, 1.82) is 0 Å². The van der Waals surface area contributed by atoms with Gasteiger partial charge in [0.25, 0.3) is 0 Å². The van der Waals surface area contributed by atoms with Crippen molar-refractivity contribution in [2.75, 3.05) is 5.32 Å². The number of benzene rings is 1. The first kappa shape index (κ1) is 13.5. The average molecular weight is 256 g/mol. The number of hydrogen-bond donors (Lipinski definition) is 2. The summed E-state index contributed by atoms with van der Waals surface area (Å²) in [7, 11) is 0. The van der Waals surface area contributed by atoms with Crippen LogP contribution in [-0.2, 0) is 13.1 Å².